The Bertz CT molecular complexity index is 543. The number of hydrogen-bond acceptors (Lipinski definition) is 6. The Morgan fingerprint density at radius 3 is 2.75 bits per heavy atom. The quantitative estimate of drug-likeness (QED) is 0.438. The van der Waals surface area contributed by atoms with Crippen LogP contribution in [0.5, 0.6) is 0 Å². The number of alkyl halides is 1. The third-order valence-electron chi connectivity index (χ3n) is 6.45. The lowest BCUT2D eigenvalue weighted by Gasteiger charge is -2.50. The average Bonchev–Trinajstić information content (AvgIpc) is 2.64. The summed E-state index contributed by atoms with van der Waals surface area (Å²) in [4.78, 5) is 24.4. The monoisotopic (exact) mass is 360 g/mol. The molecule has 0 amide bonds. The Labute approximate surface area is 147 Å². The summed E-state index contributed by atoms with van der Waals surface area (Å²) in [6, 6.07) is 0. The molecule has 4 aliphatic heterocycles. The van der Waals surface area contributed by atoms with Crippen LogP contribution in [-0.4, -0.2) is 41.7 Å². The van der Waals surface area contributed by atoms with Crippen molar-refractivity contribution in [1.29, 1.82) is 0 Å². The molecule has 4 heterocycles. The highest BCUT2D eigenvalue weighted by Gasteiger charge is 2.76. The Hall–Kier alpha value is -0.400. The van der Waals surface area contributed by atoms with Crippen LogP contribution in [0.1, 0.15) is 46.5 Å². The highest BCUT2D eigenvalue weighted by Crippen LogP contribution is 2.63. The number of halogens is 1. The second kappa shape index (κ2) is 5.55. The van der Waals surface area contributed by atoms with Gasteiger partial charge in [-0.15, -0.1) is 11.6 Å². The van der Waals surface area contributed by atoms with Crippen LogP contribution in [0, 0.1) is 17.8 Å². The van der Waals surface area contributed by atoms with E-state index in [0.717, 1.165) is 25.7 Å². The topological polar surface area (TPSA) is 63.2 Å². The summed E-state index contributed by atoms with van der Waals surface area (Å²) in [6.07, 6.45) is 2.89. The molecule has 0 aromatic carbocycles. The first-order valence-corrected chi connectivity index (χ1v) is 9.35. The molecule has 2 bridgehead atoms. The fraction of sp³-hybridized carbons (Fsp3) is 0.941. The summed E-state index contributed by atoms with van der Waals surface area (Å²) < 4.78 is 17.7. The largest absolute Gasteiger partial charge is 0.462 e. The smallest absolute Gasteiger partial charge is 0.338 e. The molecule has 4 saturated heterocycles. The third kappa shape index (κ3) is 2.13. The molecule has 1 saturated carbocycles. The van der Waals surface area contributed by atoms with E-state index in [1.807, 2.05) is 6.92 Å². The maximum absolute atomic E-state index is 12.7. The Morgan fingerprint density at radius 1 is 1.21 bits per heavy atom. The number of carbonyl (C=O) groups is 1. The van der Waals surface area contributed by atoms with Crippen molar-refractivity contribution in [3.8, 4) is 0 Å². The lowest BCUT2D eigenvalue weighted by atomic mass is 9.60. The molecule has 24 heavy (non-hydrogen) atoms. The maximum atomic E-state index is 12.7. The van der Waals surface area contributed by atoms with E-state index >= 15 is 0 Å². The van der Waals surface area contributed by atoms with Crippen molar-refractivity contribution in [2.45, 2.75) is 69.7 Å². The molecule has 7 heteroatoms. The molecule has 0 radical (unpaired) electrons. The zero-order valence-electron chi connectivity index (χ0n) is 14.4. The van der Waals surface area contributed by atoms with Crippen molar-refractivity contribution in [2.75, 3.05) is 12.5 Å². The van der Waals surface area contributed by atoms with Crippen LogP contribution in [0.25, 0.3) is 0 Å². The van der Waals surface area contributed by atoms with Crippen molar-refractivity contribution < 1.29 is 28.8 Å². The molecule has 0 aromatic rings. The minimum absolute atomic E-state index is 0.165. The second-order valence-electron chi connectivity index (χ2n) is 7.91. The molecular formula is C17H25ClO6. The van der Waals surface area contributed by atoms with Crippen molar-refractivity contribution in [2.24, 2.45) is 17.8 Å². The zero-order chi connectivity index (χ0) is 17.2. The molecule has 136 valence electrons. The molecule has 5 aliphatic rings. The SMILES string of the molecule is C[C@@H]1CCC2[C@]34OO[C@](C)(CC[C@@H]13)O[C@@H]4O[C@]2(C)C(=O)OCCCl. The molecule has 7 atom stereocenters. The lowest BCUT2D eigenvalue weighted by Crippen LogP contribution is -2.62. The number of esters is 1. The summed E-state index contributed by atoms with van der Waals surface area (Å²) in [7, 11) is 0. The van der Waals surface area contributed by atoms with Crippen molar-refractivity contribution in [1.82, 2.24) is 0 Å². The molecule has 1 aliphatic carbocycles. The predicted molar refractivity (Wildman–Crippen MR) is 84.0 cm³/mol. The summed E-state index contributed by atoms with van der Waals surface area (Å²) in [6.45, 7) is 6.05. The summed E-state index contributed by atoms with van der Waals surface area (Å²) >= 11 is 5.66. The first-order valence-electron chi connectivity index (χ1n) is 8.81. The Morgan fingerprint density at radius 2 is 2.00 bits per heavy atom. The van der Waals surface area contributed by atoms with Gasteiger partial charge in [-0.1, -0.05) is 6.92 Å². The van der Waals surface area contributed by atoms with Gasteiger partial charge < -0.3 is 14.2 Å². The van der Waals surface area contributed by atoms with E-state index in [9.17, 15) is 4.79 Å². The van der Waals surface area contributed by atoms with Crippen LogP contribution in [-0.2, 0) is 28.8 Å². The van der Waals surface area contributed by atoms with E-state index < -0.39 is 29.2 Å². The molecule has 0 aromatic heterocycles. The van der Waals surface area contributed by atoms with Gasteiger partial charge in [0, 0.05) is 12.3 Å². The lowest BCUT2D eigenvalue weighted by molar-refractivity contribution is -0.541. The number of carbonyl (C=O) groups excluding carboxylic acids is 1. The maximum Gasteiger partial charge on any atom is 0.338 e. The molecular weight excluding hydrogens is 336 g/mol. The fourth-order valence-corrected chi connectivity index (χ4v) is 5.25. The molecule has 5 rings (SSSR count). The second-order valence-corrected chi connectivity index (χ2v) is 8.28. The molecule has 1 spiro atoms. The van der Waals surface area contributed by atoms with Crippen LogP contribution in [0.3, 0.4) is 0 Å². The van der Waals surface area contributed by atoms with Crippen molar-refractivity contribution in [3.05, 3.63) is 0 Å². The van der Waals surface area contributed by atoms with E-state index in [4.69, 9.17) is 35.6 Å². The van der Waals surface area contributed by atoms with Crippen LogP contribution in [0.15, 0.2) is 0 Å². The number of rotatable bonds is 3. The molecule has 5 fully saturated rings. The van der Waals surface area contributed by atoms with E-state index in [1.165, 1.54) is 0 Å². The third-order valence-corrected chi connectivity index (χ3v) is 6.60. The van der Waals surface area contributed by atoms with E-state index in [0.29, 0.717) is 5.92 Å². The van der Waals surface area contributed by atoms with Gasteiger partial charge in [0.05, 0.1) is 5.88 Å². The minimum atomic E-state index is -1.11. The van der Waals surface area contributed by atoms with Gasteiger partial charge in [-0.2, -0.15) is 0 Å². The van der Waals surface area contributed by atoms with Crippen LogP contribution >= 0.6 is 11.6 Å². The fourth-order valence-electron chi connectivity index (χ4n) is 5.18. The summed E-state index contributed by atoms with van der Waals surface area (Å²) in [5, 5.41) is 0. The van der Waals surface area contributed by atoms with Gasteiger partial charge >= 0.3 is 5.97 Å². The molecule has 1 unspecified atom stereocenters. The Balaban J connectivity index is 1.74. The zero-order valence-corrected chi connectivity index (χ0v) is 15.1. The van der Waals surface area contributed by atoms with Gasteiger partial charge in [-0.25, -0.2) is 14.6 Å². The van der Waals surface area contributed by atoms with Crippen LogP contribution in [0.2, 0.25) is 0 Å². The van der Waals surface area contributed by atoms with E-state index in [1.54, 1.807) is 6.92 Å². The van der Waals surface area contributed by atoms with Gasteiger partial charge in [-0.05, 0) is 44.9 Å². The van der Waals surface area contributed by atoms with E-state index in [-0.39, 0.29) is 24.3 Å². The van der Waals surface area contributed by atoms with Gasteiger partial charge in [0.1, 0.15) is 6.61 Å². The van der Waals surface area contributed by atoms with Gasteiger partial charge in [0.15, 0.2) is 17.5 Å². The number of hydrogen-bond donors (Lipinski definition) is 0. The van der Waals surface area contributed by atoms with Crippen LogP contribution < -0.4 is 0 Å². The first kappa shape index (κ1) is 17.0. The van der Waals surface area contributed by atoms with Gasteiger partial charge in [0.25, 0.3) is 0 Å². The van der Waals surface area contributed by atoms with Gasteiger partial charge in [0.2, 0.25) is 5.79 Å². The van der Waals surface area contributed by atoms with Crippen LogP contribution in [0.4, 0.5) is 0 Å². The molecule has 0 N–H and O–H groups in total. The first-order chi connectivity index (χ1) is 11.4. The van der Waals surface area contributed by atoms with Gasteiger partial charge in [-0.3, -0.25) is 0 Å². The Kier molecular flexibility index (Phi) is 3.94. The normalized spacial score (nSPS) is 52.7. The number of ether oxygens (including phenoxy) is 3. The summed E-state index contributed by atoms with van der Waals surface area (Å²) in [5.74, 6) is -0.446. The highest BCUT2D eigenvalue weighted by molar-refractivity contribution is 6.18. The average molecular weight is 361 g/mol. The van der Waals surface area contributed by atoms with Crippen molar-refractivity contribution in [3.63, 3.8) is 0 Å². The minimum Gasteiger partial charge on any atom is -0.462 e. The predicted octanol–water partition coefficient (Wildman–Crippen LogP) is 2.77. The molecule has 6 nitrogen and oxygen atoms in total. The van der Waals surface area contributed by atoms with E-state index in [2.05, 4.69) is 6.92 Å². The standard InChI is InChI=1S/C17H25ClO6/c1-10-4-5-12-16(3,13(19)20-9-8-18)22-14-17(12)11(10)6-7-15(2,21-14)23-24-17/h10-12,14H,4-9H2,1-3H3/t10-,11+,12?,14-,15-,16+,17-/m1/s1. The summed E-state index contributed by atoms with van der Waals surface area (Å²) in [5.41, 5.74) is -1.86. The van der Waals surface area contributed by atoms with Crippen molar-refractivity contribution >= 4 is 17.6 Å². The number of fused-ring (bicyclic) bond motifs is 2. The highest BCUT2D eigenvalue weighted by atomic mass is 35.5.